The quantitative estimate of drug-likeness (QED) is 0.556. The van der Waals surface area contributed by atoms with Gasteiger partial charge in [0.2, 0.25) is 0 Å². The maximum absolute atomic E-state index is 3.02. The molecule has 0 amide bonds. The van der Waals surface area contributed by atoms with Crippen LogP contribution in [0.1, 0.15) is 0 Å². The van der Waals surface area contributed by atoms with E-state index in [-0.39, 0.29) is 0 Å². The zero-order chi connectivity index (χ0) is 20.4. The third-order valence-electron chi connectivity index (χ3n) is 3.72. The van der Waals surface area contributed by atoms with Crippen molar-refractivity contribution in [1.82, 2.24) is 0 Å². The highest BCUT2D eigenvalue weighted by Gasteiger charge is 2.05. The van der Waals surface area contributed by atoms with Crippen LogP contribution in [-0.2, 0) is 0 Å². The largest absolute Gasteiger partial charge is 0.142 e. The molecule has 30 heavy (non-hydrogen) atoms. The molecular weight excluding hydrogens is 360 g/mol. The van der Waals surface area contributed by atoms with Crippen molar-refractivity contribution in [2.45, 2.75) is 0 Å². The standard InChI is InChI=1S/C30H6/c1-2-8-26-17-19-29-11-5-3-9-27-15-13-25(7-1)14-16-28(22-21-27)10-4-6-12-30(20-18-26)24-23-29/h25-30H. The summed E-state index contributed by atoms with van der Waals surface area (Å²) in [6.45, 7) is 0. The van der Waals surface area contributed by atoms with Crippen LogP contribution in [-0.4, -0.2) is 0 Å². The molecule has 0 saturated heterocycles. The fourth-order valence-electron chi connectivity index (χ4n) is 2.30. The Morgan fingerprint density at radius 2 is 0.300 bits per heavy atom. The van der Waals surface area contributed by atoms with E-state index in [9.17, 15) is 0 Å². The summed E-state index contributed by atoms with van der Waals surface area (Å²) in [7, 11) is 0. The third kappa shape index (κ3) is 5.13. The lowest BCUT2D eigenvalue weighted by atomic mass is 10.1. The zero-order valence-electron chi connectivity index (χ0n) is 15.5. The van der Waals surface area contributed by atoms with E-state index >= 15 is 0 Å². The molecule has 0 aromatic rings. The Hall–Kier alpha value is -5.28. The van der Waals surface area contributed by atoms with Crippen molar-refractivity contribution in [3.8, 4) is 142 Å². The Morgan fingerprint density at radius 3 is 0.433 bits per heavy atom. The third-order valence-corrected chi connectivity index (χ3v) is 3.72. The van der Waals surface area contributed by atoms with E-state index in [4.69, 9.17) is 0 Å². The van der Waals surface area contributed by atoms with Crippen LogP contribution < -0.4 is 0 Å². The van der Waals surface area contributed by atoms with Crippen molar-refractivity contribution in [3.05, 3.63) is 0 Å². The Labute approximate surface area is 177 Å². The van der Waals surface area contributed by atoms with Crippen molar-refractivity contribution in [1.29, 1.82) is 0 Å². The minimum absolute atomic E-state index is 0.493. The molecule has 0 aliphatic heterocycles. The van der Waals surface area contributed by atoms with Crippen LogP contribution in [0.4, 0.5) is 0 Å². The lowest BCUT2D eigenvalue weighted by Crippen LogP contribution is -1.93. The van der Waals surface area contributed by atoms with Gasteiger partial charge in [-0.3, -0.25) is 0 Å². The summed E-state index contributed by atoms with van der Waals surface area (Å²) in [4.78, 5) is 0. The Kier molecular flexibility index (Phi) is 5.48. The van der Waals surface area contributed by atoms with Crippen molar-refractivity contribution in [2.75, 3.05) is 0 Å². The summed E-state index contributed by atoms with van der Waals surface area (Å²) in [5, 5.41) is 0. The predicted molar refractivity (Wildman–Crippen MR) is 114 cm³/mol. The summed E-state index contributed by atoms with van der Waals surface area (Å²) >= 11 is 0. The average Bonchev–Trinajstić information content (AvgIpc) is 2.90. The normalized spacial score (nSPS) is 28.0. The average molecular weight is 366 g/mol. The van der Waals surface area contributed by atoms with Crippen molar-refractivity contribution >= 4 is 0 Å². The van der Waals surface area contributed by atoms with Crippen molar-refractivity contribution in [3.63, 3.8) is 0 Å². The summed E-state index contributed by atoms with van der Waals surface area (Å²) in [6, 6.07) is 0. The highest BCUT2D eigenvalue weighted by Crippen LogP contribution is 2.03. The molecule has 0 nitrogen and oxygen atoms in total. The second-order valence-corrected chi connectivity index (χ2v) is 5.95. The number of hydrogen-bond donors (Lipinski definition) is 0. The molecular formula is C30H6. The van der Waals surface area contributed by atoms with Gasteiger partial charge in [-0.2, -0.15) is 0 Å². The van der Waals surface area contributed by atoms with E-state index in [1.54, 1.807) is 0 Å². The highest BCUT2D eigenvalue weighted by molar-refractivity contribution is 5.49. The van der Waals surface area contributed by atoms with Gasteiger partial charge in [-0.05, 0) is 35.5 Å². The molecule has 0 radical (unpaired) electrons. The van der Waals surface area contributed by atoms with Crippen LogP contribution in [0.15, 0.2) is 0 Å². The van der Waals surface area contributed by atoms with Gasteiger partial charge in [-0.1, -0.05) is 107 Å². The van der Waals surface area contributed by atoms with Crippen LogP contribution >= 0.6 is 0 Å². The topological polar surface area (TPSA) is 0 Å². The van der Waals surface area contributed by atoms with Gasteiger partial charge in [0, 0.05) is 0 Å². The van der Waals surface area contributed by atoms with Gasteiger partial charge in [0.1, 0.15) is 35.5 Å². The highest BCUT2D eigenvalue weighted by atomic mass is 14.0. The molecule has 0 heteroatoms. The van der Waals surface area contributed by atoms with Gasteiger partial charge in [0.05, 0.1) is 0 Å². The molecule has 5 aliphatic rings. The van der Waals surface area contributed by atoms with Crippen LogP contribution in [0, 0.1) is 178 Å². The van der Waals surface area contributed by atoms with E-state index in [1.165, 1.54) is 0 Å². The van der Waals surface area contributed by atoms with E-state index in [2.05, 4.69) is 142 Å². The molecule has 0 N–H and O–H groups in total. The van der Waals surface area contributed by atoms with Crippen LogP contribution in [0.2, 0.25) is 0 Å². The van der Waals surface area contributed by atoms with Gasteiger partial charge in [0.25, 0.3) is 0 Å². The Balaban J connectivity index is 1.99. The van der Waals surface area contributed by atoms with E-state index in [0.717, 1.165) is 0 Å². The van der Waals surface area contributed by atoms with Crippen LogP contribution in [0.25, 0.3) is 0 Å². The molecule has 126 valence electrons. The molecule has 6 bridgehead atoms. The van der Waals surface area contributed by atoms with Gasteiger partial charge >= 0.3 is 0 Å². The molecule has 0 unspecified atom stereocenters. The molecule has 0 aromatic carbocycles. The van der Waals surface area contributed by atoms with Gasteiger partial charge in [-0.25, -0.2) is 0 Å². The number of hydrogen-bond acceptors (Lipinski definition) is 0. The molecule has 0 fully saturated rings. The number of fused-ring (bicyclic) bond motifs is 3. The molecule has 0 heterocycles. The first kappa shape index (κ1) is 18.1. The summed E-state index contributed by atoms with van der Waals surface area (Å²) < 4.78 is 0. The Bertz CT molecular complexity index is 1210. The van der Waals surface area contributed by atoms with Gasteiger partial charge in [0.15, 0.2) is 0 Å². The van der Waals surface area contributed by atoms with Crippen molar-refractivity contribution < 1.29 is 0 Å². The first-order valence-corrected chi connectivity index (χ1v) is 8.95. The van der Waals surface area contributed by atoms with Crippen LogP contribution in [0.3, 0.4) is 0 Å². The summed E-state index contributed by atoms with van der Waals surface area (Å²) in [5.74, 6) is 68.0. The second kappa shape index (κ2) is 9.08. The van der Waals surface area contributed by atoms with Gasteiger partial charge < -0.3 is 0 Å². The minimum Gasteiger partial charge on any atom is -0.0711 e. The van der Waals surface area contributed by atoms with E-state index in [0.29, 0.717) is 0 Å². The Morgan fingerprint density at radius 1 is 0.167 bits per heavy atom. The molecule has 0 spiro atoms. The zero-order valence-corrected chi connectivity index (χ0v) is 15.5. The maximum Gasteiger partial charge on any atom is 0.142 e. The lowest BCUT2D eigenvalue weighted by molar-refractivity contribution is 1.18. The smallest absolute Gasteiger partial charge is 0.0711 e. The number of rotatable bonds is 0. The summed E-state index contributed by atoms with van der Waals surface area (Å²) in [6.07, 6.45) is 0. The van der Waals surface area contributed by atoms with Gasteiger partial charge in [-0.15, -0.1) is 0 Å². The fourth-order valence-corrected chi connectivity index (χ4v) is 2.30. The summed E-state index contributed by atoms with van der Waals surface area (Å²) in [5.41, 5.74) is 0. The van der Waals surface area contributed by atoms with Crippen LogP contribution in [0.5, 0.6) is 0 Å². The predicted octanol–water partition coefficient (Wildman–Crippen LogP) is 0.779. The monoisotopic (exact) mass is 366 g/mol. The van der Waals surface area contributed by atoms with Crippen molar-refractivity contribution in [2.24, 2.45) is 35.5 Å². The molecule has 5 rings (SSSR count). The lowest BCUT2D eigenvalue weighted by Gasteiger charge is -1.92. The first-order valence-electron chi connectivity index (χ1n) is 8.95. The second-order valence-electron chi connectivity index (χ2n) is 5.95. The van der Waals surface area contributed by atoms with E-state index in [1.807, 2.05) is 0 Å². The molecule has 0 aromatic heterocycles. The maximum atomic E-state index is 3.02. The molecule has 5 aliphatic carbocycles. The molecule has 0 atom stereocenters. The van der Waals surface area contributed by atoms with E-state index < -0.39 is 35.5 Å². The fraction of sp³-hybridized carbons (Fsp3) is 0.200. The minimum atomic E-state index is -0.493. The molecule has 0 saturated carbocycles. The SMILES string of the molecule is C1#CC2C#CC3C#CC#CC4C#CC(C#C1)C#CC(C#CC#CC(C#C2)C#C3)C#C4. The first-order chi connectivity index (χ1) is 14.8.